The first kappa shape index (κ1) is 18.8. The van der Waals surface area contributed by atoms with Gasteiger partial charge in [-0.25, -0.2) is 0 Å². The first-order valence-electron chi connectivity index (χ1n) is 8.00. The van der Waals surface area contributed by atoms with Gasteiger partial charge in [0.15, 0.2) is 0 Å². The van der Waals surface area contributed by atoms with Gasteiger partial charge in [-0.15, -0.1) is 0 Å². The largest absolute Gasteiger partial charge is 0.492 e. The quantitative estimate of drug-likeness (QED) is 0.746. The first-order chi connectivity index (χ1) is 12.0. The molecule has 25 heavy (non-hydrogen) atoms. The van der Waals surface area contributed by atoms with Gasteiger partial charge < -0.3 is 15.4 Å². The fourth-order valence-corrected chi connectivity index (χ4v) is 2.41. The second-order valence-corrected chi connectivity index (χ2v) is 6.04. The summed E-state index contributed by atoms with van der Waals surface area (Å²) in [6.07, 6.45) is 0. The molecule has 6 heteroatoms. The van der Waals surface area contributed by atoms with E-state index in [1.165, 1.54) is 0 Å². The molecule has 0 radical (unpaired) electrons. The van der Waals surface area contributed by atoms with Crippen molar-refractivity contribution in [2.24, 2.45) is 0 Å². The van der Waals surface area contributed by atoms with Crippen molar-refractivity contribution in [3.05, 3.63) is 64.7 Å². The Balaban J connectivity index is 1.75. The van der Waals surface area contributed by atoms with Gasteiger partial charge in [0, 0.05) is 0 Å². The third kappa shape index (κ3) is 5.80. The molecule has 2 aromatic rings. The Labute approximate surface area is 152 Å². The highest BCUT2D eigenvalue weighted by Crippen LogP contribution is 2.14. The summed E-state index contributed by atoms with van der Waals surface area (Å²) < 4.78 is 5.56. The molecule has 0 fully saturated rings. The Kier molecular flexibility index (Phi) is 6.83. The summed E-state index contributed by atoms with van der Waals surface area (Å²) in [5.41, 5.74) is 1.45. The van der Waals surface area contributed by atoms with Crippen LogP contribution in [0.25, 0.3) is 0 Å². The van der Waals surface area contributed by atoms with Crippen LogP contribution in [0.2, 0.25) is 5.02 Å². The lowest BCUT2D eigenvalue weighted by atomic mass is 10.2. The number of nitrogens with one attached hydrogen (secondary N) is 2. The number of amides is 2. The van der Waals surface area contributed by atoms with Crippen molar-refractivity contribution >= 4 is 23.4 Å². The predicted molar refractivity (Wildman–Crippen MR) is 98.1 cm³/mol. The minimum absolute atomic E-state index is 0.284. The molecule has 0 aliphatic heterocycles. The van der Waals surface area contributed by atoms with Crippen LogP contribution in [0.1, 0.15) is 22.8 Å². The van der Waals surface area contributed by atoms with Crippen LogP contribution in [0, 0.1) is 6.92 Å². The minimum atomic E-state index is -0.678. The van der Waals surface area contributed by atoms with Crippen molar-refractivity contribution in [3.63, 3.8) is 0 Å². The van der Waals surface area contributed by atoms with Crippen LogP contribution in [-0.2, 0) is 4.79 Å². The molecule has 2 aromatic carbocycles. The maximum Gasteiger partial charge on any atom is 0.253 e. The van der Waals surface area contributed by atoms with E-state index >= 15 is 0 Å². The molecule has 0 aromatic heterocycles. The van der Waals surface area contributed by atoms with Gasteiger partial charge in [0.1, 0.15) is 18.4 Å². The lowest BCUT2D eigenvalue weighted by Crippen LogP contribution is -2.45. The summed E-state index contributed by atoms with van der Waals surface area (Å²) in [4.78, 5) is 24.2. The summed E-state index contributed by atoms with van der Waals surface area (Å²) in [5.74, 6) is 0.0897. The molecule has 0 bridgehead atoms. The molecule has 1 atom stereocenters. The van der Waals surface area contributed by atoms with Gasteiger partial charge >= 0.3 is 0 Å². The van der Waals surface area contributed by atoms with Gasteiger partial charge in [-0.1, -0.05) is 35.9 Å². The van der Waals surface area contributed by atoms with Crippen molar-refractivity contribution in [3.8, 4) is 5.75 Å². The van der Waals surface area contributed by atoms with Gasteiger partial charge in [0.25, 0.3) is 5.91 Å². The van der Waals surface area contributed by atoms with Crippen molar-refractivity contribution in [2.45, 2.75) is 19.9 Å². The van der Waals surface area contributed by atoms with Gasteiger partial charge in [0.2, 0.25) is 5.91 Å². The van der Waals surface area contributed by atoms with E-state index in [0.29, 0.717) is 23.7 Å². The number of carbonyl (C=O) groups excluding carboxylic acids is 2. The zero-order valence-corrected chi connectivity index (χ0v) is 15.0. The molecule has 5 nitrogen and oxygen atoms in total. The van der Waals surface area contributed by atoms with Gasteiger partial charge in [-0.05, 0) is 43.7 Å². The van der Waals surface area contributed by atoms with Crippen LogP contribution in [0.15, 0.2) is 48.5 Å². The maximum absolute atomic E-state index is 12.1. The van der Waals surface area contributed by atoms with Crippen LogP contribution >= 0.6 is 11.6 Å². The number of carbonyl (C=O) groups is 2. The molecule has 2 rings (SSSR count). The second-order valence-electron chi connectivity index (χ2n) is 5.63. The van der Waals surface area contributed by atoms with E-state index in [1.807, 2.05) is 31.2 Å². The molecule has 0 aliphatic carbocycles. The predicted octanol–water partition coefficient (Wildman–Crippen LogP) is 2.96. The van der Waals surface area contributed by atoms with Gasteiger partial charge in [0.05, 0.1) is 17.1 Å². The topological polar surface area (TPSA) is 67.4 Å². The van der Waals surface area contributed by atoms with Crippen LogP contribution in [0.3, 0.4) is 0 Å². The molecule has 132 valence electrons. The van der Waals surface area contributed by atoms with Crippen molar-refractivity contribution in [2.75, 3.05) is 13.2 Å². The molecule has 0 heterocycles. The molecule has 0 spiro atoms. The molecule has 0 aliphatic rings. The molecule has 0 saturated heterocycles. The fourth-order valence-electron chi connectivity index (χ4n) is 2.19. The highest BCUT2D eigenvalue weighted by Gasteiger charge is 2.17. The van der Waals surface area contributed by atoms with E-state index in [0.717, 1.165) is 11.3 Å². The Morgan fingerprint density at radius 3 is 2.64 bits per heavy atom. The third-order valence-electron chi connectivity index (χ3n) is 3.52. The molecule has 0 unspecified atom stereocenters. The monoisotopic (exact) mass is 360 g/mol. The number of hydrogen-bond acceptors (Lipinski definition) is 3. The summed E-state index contributed by atoms with van der Waals surface area (Å²) in [6.45, 7) is 4.29. The van der Waals surface area contributed by atoms with E-state index in [4.69, 9.17) is 16.3 Å². The van der Waals surface area contributed by atoms with Crippen LogP contribution in [0.4, 0.5) is 0 Å². The maximum atomic E-state index is 12.1. The highest BCUT2D eigenvalue weighted by molar-refractivity contribution is 6.33. The normalized spacial score (nSPS) is 11.5. The van der Waals surface area contributed by atoms with Crippen LogP contribution in [0.5, 0.6) is 5.75 Å². The summed E-state index contributed by atoms with van der Waals surface area (Å²) >= 11 is 5.98. The molecular weight excluding hydrogens is 340 g/mol. The van der Waals surface area contributed by atoms with Crippen LogP contribution in [-0.4, -0.2) is 31.0 Å². The summed E-state index contributed by atoms with van der Waals surface area (Å²) in [7, 11) is 0. The Hall–Kier alpha value is -2.53. The average Bonchev–Trinajstić information content (AvgIpc) is 2.58. The van der Waals surface area contributed by atoms with E-state index in [-0.39, 0.29) is 11.8 Å². The zero-order valence-electron chi connectivity index (χ0n) is 14.2. The van der Waals surface area contributed by atoms with Crippen molar-refractivity contribution in [1.82, 2.24) is 10.6 Å². The molecule has 2 amide bonds. The fraction of sp³-hybridized carbons (Fsp3) is 0.263. The molecule has 2 N–H and O–H groups in total. The SMILES string of the molecule is Cc1cccc(OCCNC(=O)[C@H](C)NC(=O)c2ccccc2Cl)c1. The van der Waals surface area contributed by atoms with E-state index in [2.05, 4.69) is 10.6 Å². The standard InChI is InChI=1S/C19H21ClN2O3/c1-13-6-5-7-15(12-13)25-11-10-21-18(23)14(2)22-19(24)16-8-3-4-9-17(16)20/h3-9,12,14H,10-11H2,1-2H3,(H,21,23)(H,22,24)/t14-/m0/s1. The number of ether oxygens (including phenoxy) is 1. The number of rotatable bonds is 7. The van der Waals surface area contributed by atoms with Crippen molar-refractivity contribution < 1.29 is 14.3 Å². The number of halogens is 1. The third-order valence-corrected chi connectivity index (χ3v) is 3.85. The summed E-state index contributed by atoms with van der Waals surface area (Å²) in [5, 5.41) is 5.70. The Morgan fingerprint density at radius 1 is 1.16 bits per heavy atom. The lowest BCUT2D eigenvalue weighted by molar-refractivity contribution is -0.122. The lowest BCUT2D eigenvalue weighted by Gasteiger charge is -2.15. The van der Waals surface area contributed by atoms with Crippen LogP contribution < -0.4 is 15.4 Å². The number of hydrogen-bond donors (Lipinski definition) is 2. The second kappa shape index (κ2) is 9.08. The van der Waals surface area contributed by atoms with E-state index < -0.39 is 6.04 Å². The smallest absolute Gasteiger partial charge is 0.253 e. The Bertz CT molecular complexity index is 749. The Morgan fingerprint density at radius 2 is 1.92 bits per heavy atom. The highest BCUT2D eigenvalue weighted by atomic mass is 35.5. The average molecular weight is 361 g/mol. The minimum Gasteiger partial charge on any atom is -0.492 e. The summed E-state index contributed by atoms with van der Waals surface area (Å²) in [6, 6.07) is 13.7. The van der Waals surface area contributed by atoms with Gasteiger partial charge in [-0.3, -0.25) is 9.59 Å². The van der Waals surface area contributed by atoms with E-state index in [1.54, 1.807) is 31.2 Å². The van der Waals surface area contributed by atoms with E-state index in [9.17, 15) is 9.59 Å². The molecular formula is C19H21ClN2O3. The van der Waals surface area contributed by atoms with Gasteiger partial charge in [-0.2, -0.15) is 0 Å². The molecule has 0 saturated carbocycles. The zero-order chi connectivity index (χ0) is 18.2. The number of aryl methyl sites for hydroxylation is 1. The van der Waals surface area contributed by atoms with Crippen molar-refractivity contribution in [1.29, 1.82) is 0 Å². The first-order valence-corrected chi connectivity index (χ1v) is 8.37. The number of benzene rings is 2.